The van der Waals surface area contributed by atoms with Crippen LogP contribution in [0.3, 0.4) is 0 Å². The first-order valence-corrected chi connectivity index (χ1v) is 5.23. The van der Waals surface area contributed by atoms with Crippen LogP contribution in [0.1, 0.15) is 20.8 Å². The Kier molecular flexibility index (Phi) is 3.23. The molecule has 0 saturated heterocycles. The second-order valence-corrected chi connectivity index (χ2v) is 3.56. The predicted molar refractivity (Wildman–Crippen MR) is 64.4 cm³/mol. The molecule has 18 heavy (non-hydrogen) atoms. The number of carbonyl (C=O) groups is 2. The Labute approximate surface area is 103 Å². The maximum absolute atomic E-state index is 11.7. The fourth-order valence-corrected chi connectivity index (χ4v) is 1.66. The third-order valence-corrected chi connectivity index (χ3v) is 2.52. The van der Waals surface area contributed by atoms with Crippen molar-refractivity contribution in [3.05, 3.63) is 41.6 Å². The summed E-state index contributed by atoms with van der Waals surface area (Å²) in [6, 6.07) is 8.40. The molecule has 5 nitrogen and oxygen atoms in total. The number of esters is 2. The molecule has 0 amide bonds. The van der Waals surface area contributed by atoms with E-state index in [1.807, 2.05) is 0 Å². The molecule has 0 aliphatic rings. The van der Waals surface area contributed by atoms with E-state index in [0.29, 0.717) is 16.5 Å². The predicted octanol–water partition coefficient (Wildman–Crippen LogP) is 1.81. The van der Waals surface area contributed by atoms with Crippen LogP contribution >= 0.6 is 0 Å². The van der Waals surface area contributed by atoms with Gasteiger partial charge in [0.15, 0.2) is 0 Å². The number of ether oxygens (including phenoxy) is 2. The van der Waals surface area contributed by atoms with Crippen molar-refractivity contribution in [3.63, 3.8) is 0 Å². The molecule has 0 aliphatic carbocycles. The zero-order valence-corrected chi connectivity index (χ0v) is 9.97. The summed E-state index contributed by atoms with van der Waals surface area (Å²) in [7, 11) is 2.55. The summed E-state index contributed by atoms with van der Waals surface area (Å²) in [4.78, 5) is 27.3. The van der Waals surface area contributed by atoms with Crippen molar-refractivity contribution < 1.29 is 19.1 Å². The van der Waals surface area contributed by atoms with Crippen LogP contribution in [0.5, 0.6) is 0 Å². The maximum atomic E-state index is 11.7. The zero-order chi connectivity index (χ0) is 13.1. The van der Waals surface area contributed by atoms with Crippen molar-refractivity contribution in [2.75, 3.05) is 14.2 Å². The van der Waals surface area contributed by atoms with Crippen LogP contribution in [-0.4, -0.2) is 31.1 Å². The Morgan fingerprint density at radius 1 is 1.06 bits per heavy atom. The maximum Gasteiger partial charge on any atom is 0.356 e. The topological polar surface area (TPSA) is 65.5 Å². The summed E-state index contributed by atoms with van der Waals surface area (Å²) in [5, 5.41) is 0.636. The molecule has 0 saturated carbocycles. The fraction of sp³-hybridized carbons (Fsp3) is 0.154. The van der Waals surface area contributed by atoms with E-state index in [9.17, 15) is 9.59 Å². The summed E-state index contributed by atoms with van der Waals surface area (Å²) in [6.45, 7) is 0. The Morgan fingerprint density at radius 2 is 1.72 bits per heavy atom. The normalized spacial score (nSPS) is 10.1. The molecule has 0 bridgehead atoms. The first kappa shape index (κ1) is 12.0. The van der Waals surface area contributed by atoms with E-state index in [4.69, 9.17) is 4.74 Å². The molecule has 0 radical (unpaired) electrons. The molecule has 0 unspecified atom stereocenters. The molecule has 0 N–H and O–H groups in total. The van der Waals surface area contributed by atoms with E-state index in [-0.39, 0.29) is 5.69 Å². The summed E-state index contributed by atoms with van der Waals surface area (Å²) < 4.78 is 9.29. The first-order chi connectivity index (χ1) is 8.67. The first-order valence-electron chi connectivity index (χ1n) is 5.23. The fourth-order valence-electron chi connectivity index (χ4n) is 1.66. The highest BCUT2D eigenvalue weighted by molar-refractivity contribution is 6.05. The highest BCUT2D eigenvalue weighted by Crippen LogP contribution is 2.19. The van der Waals surface area contributed by atoms with E-state index < -0.39 is 11.9 Å². The SMILES string of the molecule is COC(=O)c1cc(C(=O)OC)c2ccccc2n1. The minimum Gasteiger partial charge on any atom is -0.465 e. The highest BCUT2D eigenvalue weighted by Gasteiger charge is 2.16. The number of benzene rings is 1. The number of nitrogens with zero attached hydrogens (tertiary/aromatic N) is 1. The van der Waals surface area contributed by atoms with Crippen molar-refractivity contribution in [1.82, 2.24) is 4.98 Å². The van der Waals surface area contributed by atoms with Gasteiger partial charge in [0, 0.05) is 5.39 Å². The van der Waals surface area contributed by atoms with Crippen molar-refractivity contribution in [2.45, 2.75) is 0 Å². The average molecular weight is 245 g/mol. The van der Waals surface area contributed by atoms with Gasteiger partial charge in [-0.3, -0.25) is 0 Å². The van der Waals surface area contributed by atoms with Gasteiger partial charge in [0.2, 0.25) is 0 Å². The summed E-state index contributed by atoms with van der Waals surface area (Å²) in [6.07, 6.45) is 0. The lowest BCUT2D eigenvalue weighted by Gasteiger charge is -2.06. The summed E-state index contributed by atoms with van der Waals surface area (Å²) in [5.74, 6) is -1.11. The molecule has 0 aliphatic heterocycles. The molecular formula is C13H11NO4. The van der Waals surface area contributed by atoms with Crippen LogP contribution in [0.4, 0.5) is 0 Å². The minimum absolute atomic E-state index is 0.0802. The third kappa shape index (κ3) is 2.02. The summed E-state index contributed by atoms with van der Waals surface area (Å²) in [5.41, 5.74) is 0.918. The van der Waals surface area contributed by atoms with E-state index in [1.165, 1.54) is 20.3 Å². The van der Waals surface area contributed by atoms with Crippen LogP contribution in [-0.2, 0) is 9.47 Å². The van der Waals surface area contributed by atoms with Gasteiger partial charge in [0.05, 0.1) is 25.3 Å². The third-order valence-electron chi connectivity index (χ3n) is 2.52. The van der Waals surface area contributed by atoms with E-state index in [1.54, 1.807) is 24.3 Å². The van der Waals surface area contributed by atoms with Crippen molar-refractivity contribution in [3.8, 4) is 0 Å². The lowest BCUT2D eigenvalue weighted by atomic mass is 10.1. The van der Waals surface area contributed by atoms with Gasteiger partial charge < -0.3 is 9.47 Å². The van der Waals surface area contributed by atoms with E-state index in [0.717, 1.165) is 0 Å². The lowest BCUT2D eigenvalue weighted by molar-refractivity contribution is 0.0594. The van der Waals surface area contributed by atoms with Crippen molar-refractivity contribution in [1.29, 1.82) is 0 Å². The smallest absolute Gasteiger partial charge is 0.356 e. The number of methoxy groups -OCH3 is 2. The number of para-hydroxylation sites is 1. The van der Waals surface area contributed by atoms with Crippen LogP contribution in [0.15, 0.2) is 30.3 Å². The van der Waals surface area contributed by atoms with Gasteiger partial charge >= 0.3 is 11.9 Å². The van der Waals surface area contributed by atoms with Gasteiger partial charge in [-0.25, -0.2) is 14.6 Å². The molecule has 0 fully saturated rings. The minimum atomic E-state index is -0.592. The second-order valence-electron chi connectivity index (χ2n) is 3.56. The number of fused-ring (bicyclic) bond motifs is 1. The molecule has 1 aromatic heterocycles. The van der Waals surface area contributed by atoms with Gasteiger partial charge in [-0.1, -0.05) is 18.2 Å². The van der Waals surface area contributed by atoms with Crippen LogP contribution in [0.25, 0.3) is 10.9 Å². The quantitative estimate of drug-likeness (QED) is 0.755. The van der Waals surface area contributed by atoms with Crippen molar-refractivity contribution >= 4 is 22.8 Å². The largest absolute Gasteiger partial charge is 0.465 e. The number of carbonyl (C=O) groups excluding carboxylic acids is 2. The second kappa shape index (κ2) is 4.83. The Bertz CT molecular complexity index is 621. The standard InChI is InChI=1S/C13H11NO4/c1-17-12(15)9-7-11(13(16)18-2)14-10-6-4-3-5-8(9)10/h3-7H,1-2H3. The molecule has 2 aromatic rings. The van der Waals surface area contributed by atoms with Gasteiger partial charge in [-0.05, 0) is 12.1 Å². The molecule has 1 aromatic carbocycles. The molecule has 92 valence electrons. The number of rotatable bonds is 2. The Hall–Kier alpha value is -2.43. The number of pyridine rings is 1. The highest BCUT2D eigenvalue weighted by atomic mass is 16.5. The van der Waals surface area contributed by atoms with Crippen molar-refractivity contribution in [2.24, 2.45) is 0 Å². The van der Waals surface area contributed by atoms with E-state index >= 15 is 0 Å². The molecule has 5 heteroatoms. The number of hydrogen-bond acceptors (Lipinski definition) is 5. The number of hydrogen-bond donors (Lipinski definition) is 0. The van der Waals surface area contributed by atoms with Gasteiger partial charge in [0.25, 0.3) is 0 Å². The monoisotopic (exact) mass is 245 g/mol. The molecule has 1 heterocycles. The molecular weight excluding hydrogens is 234 g/mol. The molecule has 2 rings (SSSR count). The Balaban J connectivity index is 2.72. The zero-order valence-electron chi connectivity index (χ0n) is 9.97. The lowest BCUT2D eigenvalue weighted by Crippen LogP contribution is -2.09. The van der Waals surface area contributed by atoms with E-state index in [2.05, 4.69) is 9.72 Å². The average Bonchev–Trinajstić information content (AvgIpc) is 2.44. The van der Waals surface area contributed by atoms with Crippen LogP contribution < -0.4 is 0 Å². The Morgan fingerprint density at radius 3 is 2.39 bits per heavy atom. The number of aromatic nitrogens is 1. The summed E-state index contributed by atoms with van der Waals surface area (Å²) >= 11 is 0. The van der Waals surface area contributed by atoms with Gasteiger partial charge in [0.1, 0.15) is 5.69 Å². The van der Waals surface area contributed by atoms with Crippen LogP contribution in [0.2, 0.25) is 0 Å². The molecule has 0 atom stereocenters. The van der Waals surface area contributed by atoms with Gasteiger partial charge in [-0.15, -0.1) is 0 Å². The molecule has 0 spiro atoms. The van der Waals surface area contributed by atoms with Gasteiger partial charge in [-0.2, -0.15) is 0 Å². The van der Waals surface area contributed by atoms with Crippen LogP contribution in [0, 0.1) is 0 Å².